The molecule has 2 heterocycles. The number of fused-ring (bicyclic) bond motifs is 1. The molecule has 1 atom stereocenters. The van der Waals surface area contributed by atoms with E-state index < -0.39 is 0 Å². The topological polar surface area (TPSA) is 69.7 Å². The average Bonchev–Trinajstić information content (AvgIpc) is 2.64. The van der Waals surface area contributed by atoms with Gasteiger partial charge >= 0.3 is 0 Å². The largest absolute Gasteiger partial charge is 0.354 e. The number of amides is 3. The van der Waals surface area contributed by atoms with Crippen LogP contribution in [0.5, 0.6) is 0 Å². The standard InChI is InChI=1S/C22H31N3O3/c1-15(2)23-21(28)16-8-7-11-24(13-16)20(27)14-25-18-10-6-5-9-17(18)22(3,4)12-19(25)26/h5-6,9-10,15-16H,7-8,11-14H2,1-4H3,(H,23,28). The lowest BCUT2D eigenvalue weighted by Gasteiger charge is -2.39. The number of carbonyl (C=O) groups excluding carboxylic acids is 3. The van der Waals surface area contributed by atoms with Gasteiger partial charge in [-0.2, -0.15) is 0 Å². The fourth-order valence-corrected chi connectivity index (χ4v) is 4.21. The predicted molar refractivity (Wildman–Crippen MR) is 109 cm³/mol. The van der Waals surface area contributed by atoms with E-state index >= 15 is 0 Å². The van der Waals surface area contributed by atoms with E-state index in [1.165, 1.54) is 0 Å². The summed E-state index contributed by atoms with van der Waals surface area (Å²) in [6, 6.07) is 7.91. The van der Waals surface area contributed by atoms with E-state index in [-0.39, 0.29) is 41.6 Å². The number of hydrogen-bond donors (Lipinski definition) is 1. The molecule has 3 amide bonds. The second kappa shape index (κ2) is 7.94. The summed E-state index contributed by atoms with van der Waals surface area (Å²) in [6.45, 7) is 9.09. The average molecular weight is 386 g/mol. The lowest BCUT2D eigenvalue weighted by Crippen LogP contribution is -2.51. The van der Waals surface area contributed by atoms with Crippen LogP contribution in [-0.4, -0.2) is 48.3 Å². The molecule has 1 unspecified atom stereocenters. The van der Waals surface area contributed by atoms with Crippen LogP contribution < -0.4 is 10.2 Å². The van der Waals surface area contributed by atoms with E-state index in [0.29, 0.717) is 19.5 Å². The van der Waals surface area contributed by atoms with Gasteiger partial charge in [0.05, 0.1) is 5.92 Å². The minimum Gasteiger partial charge on any atom is -0.354 e. The first-order valence-corrected chi connectivity index (χ1v) is 10.2. The number of rotatable bonds is 4. The Balaban J connectivity index is 1.72. The highest BCUT2D eigenvalue weighted by atomic mass is 16.2. The van der Waals surface area contributed by atoms with Gasteiger partial charge in [0.2, 0.25) is 17.7 Å². The molecule has 0 aromatic heterocycles. The Bertz CT molecular complexity index is 772. The zero-order valence-corrected chi connectivity index (χ0v) is 17.3. The molecule has 1 fully saturated rings. The Morgan fingerprint density at radius 2 is 1.96 bits per heavy atom. The first kappa shape index (κ1) is 20.4. The first-order chi connectivity index (χ1) is 13.2. The van der Waals surface area contributed by atoms with Crippen molar-refractivity contribution < 1.29 is 14.4 Å². The molecule has 3 rings (SSSR count). The van der Waals surface area contributed by atoms with Crippen molar-refractivity contribution in [2.75, 3.05) is 24.5 Å². The van der Waals surface area contributed by atoms with Gasteiger partial charge in [-0.15, -0.1) is 0 Å². The Morgan fingerprint density at radius 1 is 1.25 bits per heavy atom. The van der Waals surface area contributed by atoms with Crippen LogP contribution in [0.15, 0.2) is 24.3 Å². The summed E-state index contributed by atoms with van der Waals surface area (Å²) < 4.78 is 0. The molecule has 0 bridgehead atoms. The van der Waals surface area contributed by atoms with E-state index in [1.54, 1.807) is 9.80 Å². The molecule has 0 radical (unpaired) electrons. The molecular weight excluding hydrogens is 354 g/mol. The molecule has 1 saturated heterocycles. The molecule has 2 aliphatic heterocycles. The Labute approximate surface area is 167 Å². The summed E-state index contributed by atoms with van der Waals surface area (Å²) in [5.74, 6) is -0.287. The van der Waals surface area contributed by atoms with Gasteiger partial charge in [0.15, 0.2) is 0 Å². The van der Waals surface area contributed by atoms with Gasteiger partial charge < -0.3 is 15.1 Å². The van der Waals surface area contributed by atoms with E-state index in [2.05, 4.69) is 19.2 Å². The first-order valence-electron chi connectivity index (χ1n) is 10.2. The molecule has 0 aliphatic carbocycles. The van der Waals surface area contributed by atoms with Crippen molar-refractivity contribution in [1.29, 1.82) is 0 Å². The summed E-state index contributed by atoms with van der Waals surface area (Å²) in [5, 5.41) is 2.94. The molecule has 1 aromatic carbocycles. The Kier molecular flexibility index (Phi) is 5.77. The third-order valence-corrected chi connectivity index (χ3v) is 5.69. The molecule has 0 spiro atoms. The lowest BCUT2D eigenvalue weighted by molar-refractivity contribution is -0.136. The van der Waals surface area contributed by atoms with Gasteiger partial charge in [-0.05, 0) is 38.3 Å². The SMILES string of the molecule is CC(C)NC(=O)C1CCCN(C(=O)CN2C(=O)CC(C)(C)c3ccccc32)C1. The van der Waals surface area contributed by atoms with Gasteiger partial charge in [-0.25, -0.2) is 0 Å². The second-order valence-corrected chi connectivity index (χ2v) is 8.90. The molecule has 2 aliphatic rings. The minimum absolute atomic E-state index is 0.00800. The van der Waals surface area contributed by atoms with Crippen LogP contribution in [0.2, 0.25) is 0 Å². The normalized spacial score (nSPS) is 21.5. The highest BCUT2D eigenvalue weighted by Crippen LogP contribution is 2.39. The van der Waals surface area contributed by atoms with Crippen molar-refractivity contribution in [2.24, 2.45) is 5.92 Å². The van der Waals surface area contributed by atoms with Crippen molar-refractivity contribution in [2.45, 2.75) is 58.4 Å². The van der Waals surface area contributed by atoms with Crippen LogP contribution in [0, 0.1) is 5.92 Å². The van der Waals surface area contributed by atoms with Gasteiger partial charge in [0.1, 0.15) is 6.54 Å². The fraction of sp³-hybridized carbons (Fsp3) is 0.591. The number of anilines is 1. The quantitative estimate of drug-likeness (QED) is 0.866. The van der Waals surface area contributed by atoms with Gasteiger partial charge in [-0.3, -0.25) is 14.4 Å². The van der Waals surface area contributed by atoms with Crippen LogP contribution in [-0.2, 0) is 19.8 Å². The number of nitrogens with zero attached hydrogens (tertiary/aromatic N) is 2. The van der Waals surface area contributed by atoms with E-state index in [0.717, 1.165) is 24.1 Å². The molecule has 0 saturated carbocycles. The highest BCUT2D eigenvalue weighted by Gasteiger charge is 2.38. The molecule has 152 valence electrons. The summed E-state index contributed by atoms with van der Waals surface area (Å²) in [5.41, 5.74) is 1.68. The predicted octanol–water partition coefficient (Wildman–Crippen LogP) is 2.46. The van der Waals surface area contributed by atoms with E-state index in [9.17, 15) is 14.4 Å². The van der Waals surface area contributed by atoms with Gasteiger partial charge in [0, 0.05) is 36.7 Å². The Morgan fingerprint density at radius 3 is 2.68 bits per heavy atom. The monoisotopic (exact) mass is 385 g/mol. The minimum atomic E-state index is -0.238. The van der Waals surface area contributed by atoms with Gasteiger partial charge in [0.25, 0.3) is 0 Å². The maximum Gasteiger partial charge on any atom is 0.242 e. The van der Waals surface area contributed by atoms with Crippen LogP contribution in [0.1, 0.15) is 52.5 Å². The number of piperidine rings is 1. The van der Waals surface area contributed by atoms with Crippen molar-refractivity contribution >= 4 is 23.4 Å². The third-order valence-electron chi connectivity index (χ3n) is 5.69. The van der Waals surface area contributed by atoms with E-state index in [1.807, 2.05) is 38.1 Å². The van der Waals surface area contributed by atoms with Crippen LogP contribution in [0.25, 0.3) is 0 Å². The van der Waals surface area contributed by atoms with Crippen molar-refractivity contribution in [3.8, 4) is 0 Å². The maximum absolute atomic E-state index is 13.0. The number of para-hydroxylation sites is 1. The number of benzene rings is 1. The number of likely N-dealkylation sites (tertiary alicyclic amines) is 1. The van der Waals surface area contributed by atoms with Crippen molar-refractivity contribution in [3.05, 3.63) is 29.8 Å². The van der Waals surface area contributed by atoms with E-state index in [4.69, 9.17) is 0 Å². The Hall–Kier alpha value is -2.37. The maximum atomic E-state index is 13.0. The lowest BCUT2D eigenvalue weighted by atomic mass is 9.77. The van der Waals surface area contributed by atoms with Crippen molar-refractivity contribution in [1.82, 2.24) is 10.2 Å². The second-order valence-electron chi connectivity index (χ2n) is 8.90. The molecule has 6 nitrogen and oxygen atoms in total. The number of nitrogens with one attached hydrogen (secondary N) is 1. The van der Waals surface area contributed by atoms with Crippen LogP contribution in [0.4, 0.5) is 5.69 Å². The summed E-state index contributed by atoms with van der Waals surface area (Å²) in [6.07, 6.45) is 1.98. The third kappa shape index (κ3) is 4.21. The number of hydrogen-bond acceptors (Lipinski definition) is 3. The highest BCUT2D eigenvalue weighted by molar-refractivity contribution is 6.02. The fourth-order valence-electron chi connectivity index (χ4n) is 4.21. The molecular formula is C22H31N3O3. The van der Waals surface area contributed by atoms with Crippen LogP contribution >= 0.6 is 0 Å². The number of carbonyl (C=O) groups is 3. The zero-order valence-electron chi connectivity index (χ0n) is 17.3. The summed E-state index contributed by atoms with van der Waals surface area (Å²) in [7, 11) is 0. The summed E-state index contributed by atoms with van der Waals surface area (Å²) in [4.78, 5) is 41.4. The van der Waals surface area contributed by atoms with Crippen molar-refractivity contribution in [3.63, 3.8) is 0 Å². The smallest absolute Gasteiger partial charge is 0.242 e. The molecule has 6 heteroatoms. The molecule has 28 heavy (non-hydrogen) atoms. The molecule has 1 N–H and O–H groups in total. The van der Waals surface area contributed by atoms with Crippen LogP contribution in [0.3, 0.4) is 0 Å². The summed E-state index contributed by atoms with van der Waals surface area (Å²) >= 11 is 0. The van der Waals surface area contributed by atoms with Gasteiger partial charge in [-0.1, -0.05) is 32.0 Å². The molecule has 1 aromatic rings. The zero-order chi connectivity index (χ0) is 20.5.